The predicted molar refractivity (Wildman–Crippen MR) is 53.9 cm³/mol. The lowest BCUT2D eigenvalue weighted by Gasteiger charge is -2.03. The van der Waals surface area contributed by atoms with Crippen LogP contribution < -0.4 is 4.74 Å². The van der Waals surface area contributed by atoms with Crippen molar-refractivity contribution in [1.29, 1.82) is 0 Å². The minimum atomic E-state index is 0.452. The molecule has 0 atom stereocenters. The van der Waals surface area contributed by atoms with Gasteiger partial charge >= 0.3 is 0 Å². The number of carbonyl (C=O) groups is 1. The molecule has 0 unspecified atom stereocenters. The van der Waals surface area contributed by atoms with Crippen molar-refractivity contribution >= 4 is 6.29 Å². The number of ether oxygens (including phenoxy) is 1. The number of hydrogen-bond donors (Lipinski definition) is 0. The van der Waals surface area contributed by atoms with E-state index in [0.717, 1.165) is 6.29 Å². The predicted octanol–water partition coefficient (Wildman–Crippen LogP) is 2.08. The summed E-state index contributed by atoms with van der Waals surface area (Å²) in [7, 11) is 0. The third kappa shape index (κ3) is 2.37. The van der Waals surface area contributed by atoms with Crippen LogP contribution in [0.25, 0.3) is 0 Å². The molecule has 0 bridgehead atoms. The molecule has 1 heterocycles. The summed E-state index contributed by atoms with van der Waals surface area (Å²) >= 11 is 0. The highest BCUT2D eigenvalue weighted by Crippen LogP contribution is 2.18. The third-order valence-corrected chi connectivity index (χ3v) is 1.77. The van der Waals surface area contributed by atoms with Crippen LogP contribution in [0.2, 0.25) is 0 Å². The Morgan fingerprint density at radius 3 is 2.93 bits per heavy atom. The van der Waals surface area contributed by atoms with Crippen LogP contribution in [0.4, 0.5) is 0 Å². The zero-order valence-corrected chi connectivity index (χ0v) is 7.83. The number of carbonyl (C=O) groups excluding carboxylic acids is 1. The fraction of sp³-hybridized carbons (Fsp3) is 0. The zero-order chi connectivity index (χ0) is 10.5. The molecule has 15 heavy (non-hydrogen) atoms. The van der Waals surface area contributed by atoms with Crippen molar-refractivity contribution in [3.05, 3.63) is 48.4 Å². The third-order valence-electron chi connectivity index (χ3n) is 1.77. The van der Waals surface area contributed by atoms with Crippen molar-refractivity contribution in [2.75, 3.05) is 0 Å². The zero-order valence-electron chi connectivity index (χ0n) is 7.83. The summed E-state index contributed by atoms with van der Waals surface area (Å²) in [6.07, 6.45) is 3.76. The van der Waals surface area contributed by atoms with Gasteiger partial charge in [0.05, 0.1) is 0 Å². The minimum Gasteiger partial charge on any atom is -0.439 e. The van der Waals surface area contributed by atoms with E-state index < -0.39 is 0 Å². The largest absolute Gasteiger partial charge is 0.439 e. The van der Waals surface area contributed by atoms with E-state index >= 15 is 0 Å². The van der Waals surface area contributed by atoms with Gasteiger partial charge in [-0.15, -0.1) is 0 Å². The van der Waals surface area contributed by atoms with Crippen LogP contribution in [-0.2, 0) is 0 Å². The van der Waals surface area contributed by atoms with Gasteiger partial charge in [-0.05, 0) is 12.1 Å². The minimum absolute atomic E-state index is 0.452. The molecule has 0 N–H and O–H groups in total. The molecule has 0 saturated heterocycles. The Morgan fingerprint density at radius 1 is 1.27 bits per heavy atom. The summed E-state index contributed by atoms with van der Waals surface area (Å²) in [5, 5.41) is 0. The molecule has 0 aliphatic rings. The molecule has 0 saturated carbocycles. The molecule has 4 nitrogen and oxygen atoms in total. The van der Waals surface area contributed by atoms with E-state index in [1.807, 2.05) is 0 Å². The molecule has 0 spiro atoms. The number of aromatic nitrogens is 2. The Hall–Kier alpha value is -2.23. The van der Waals surface area contributed by atoms with Gasteiger partial charge in [0.1, 0.15) is 18.4 Å². The number of benzene rings is 1. The maximum atomic E-state index is 10.5. The highest BCUT2D eigenvalue weighted by atomic mass is 16.5. The van der Waals surface area contributed by atoms with Crippen molar-refractivity contribution in [3.63, 3.8) is 0 Å². The molecule has 74 valence electrons. The fourth-order valence-electron chi connectivity index (χ4n) is 1.11. The van der Waals surface area contributed by atoms with Gasteiger partial charge in [-0.2, -0.15) is 0 Å². The van der Waals surface area contributed by atoms with E-state index in [1.165, 1.54) is 6.33 Å². The smallest absolute Gasteiger partial charge is 0.222 e. The highest BCUT2D eigenvalue weighted by molar-refractivity contribution is 5.75. The molecular weight excluding hydrogens is 192 g/mol. The van der Waals surface area contributed by atoms with Gasteiger partial charge in [0, 0.05) is 17.8 Å². The maximum Gasteiger partial charge on any atom is 0.222 e. The van der Waals surface area contributed by atoms with Crippen molar-refractivity contribution < 1.29 is 9.53 Å². The maximum absolute atomic E-state index is 10.5. The molecule has 0 radical (unpaired) electrons. The molecule has 0 fully saturated rings. The van der Waals surface area contributed by atoms with Crippen molar-refractivity contribution in [2.24, 2.45) is 0 Å². The van der Waals surface area contributed by atoms with E-state index in [4.69, 9.17) is 4.74 Å². The van der Waals surface area contributed by atoms with E-state index in [0.29, 0.717) is 17.2 Å². The summed E-state index contributed by atoms with van der Waals surface area (Å²) in [6, 6.07) is 8.51. The molecule has 1 aromatic carbocycles. The Bertz CT molecular complexity index is 457. The average Bonchev–Trinajstić information content (AvgIpc) is 2.31. The Morgan fingerprint density at radius 2 is 2.20 bits per heavy atom. The Labute approximate surface area is 86.6 Å². The normalized spacial score (nSPS) is 9.60. The van der Waals surface area contributed by atoms with E-state index in [2.05, 4.69) is 9.97 Å². The standard InChI is InChI=1S/C11H8N2O2/c14-7-9-2-1-3-10(6-9)15-11-4-5-12-8-13-11/h1-8H. The van der Waals surface area contributed by atoms with Crippen molar-refractivity contribution in [1.82, 2.24) is 9.97 Å². The van der Waals surface area contributed by atoms with E-state index in [1.54, 1.807) is 36.5 Å². The van der Waals surface area contributed by atoms with Gasteiger partial charge < -0.3 is 4.74 Å². The van der Waals surface area contributed by atoms with E-state index in [-0.39, 0.29) is 0 Å². The van der Waals surface area contributed by atoms with Gasteiger partial charge in [-0.25, -0.2) is 9.97 Å². The van der Waals surface area contributed by atoms with Crippen LogP contribution in [0.1, 0.15) is 10.4 Å². The summed E-state index contributed by atoms with van der Waals surface area (Å²) in [5.41, 5.74) is 0.571. The van der Waals surface area contributed by atoms with Crippen LogP contribution in [0.5, 0.6) is 11.6 Å². The number of aldehydes is 1. The topological polar surface area (TPSA) is 52.1 Å². The van der Waals surface area contributed by atoms with Crippen molar-refractivity contribution in [2.45, 2.75) is 0 Å². The van der Waals surface area contributed by atoms with Crippen LogP contribution in [0.3, 0.4) is 0 Å². The van der Waals surface area contributed by atoms with Gasteiger partial charge in [0.25, 0.3) is 0 Å². The summed E-state index contributed by atoms with van der Waals surface area (Å²) in [5.74, 6) is 1.03. The first-order valence-electron chi connectivity index (χ1n) is 4.37. The van der Waals surface area contributed by atoms with Gasteiger partial charge in [0.15, 0.2) is 0 Å². The first-order chi connectivity index (χ1) is 7.38. The lowest BCUT2D eigenvalue weighted by atomic mass is 10.2. The van der Waals surface area contributed by atoms with Gasteiger partial charge in [0.2, 0.25) is 5.88 Å². The van der Waals surface area contributed by atoms with Crippen LogP contribution in [-0.4, -0.2) is 16.3 Å². The first-order valence-corrected chi connectivity index (χ1v) is 4.37. The molecule has 0 aliphatic carbocycles. The number of rotatable bonds is 3. The number of hydrogen-bond acceptors (Lipinski definition) is 4. The summed E-state index contributed by atoms with van der Waals surface area (Å²) in [4.78, 5) is 18.2. The van der Waals surface area contributed by atoms with Crippen LogP contribution >= 0.6 is 0 Å². The molecule has 4 heteroatoms. The van der Waals surface area contributed by atoms with Crippen LogP contribution in [0, 0.1) is 0 Å². The highest BCUT2D eigenvalue weighted by Gasteiger charge is 1.98. The quantitative estimate of drug-likeness (QED) is 0.712. The average molecular weight is 200 g/mol. The second-order valence-electron chi connectivity index (χ2n) is 2.84. The lowest BCUT2D eigenvalue weighted by molar-refractivity contribution is 0.112. The molecule has 1 aromatic heterocycles. The van der Waals surface area contributed by atoms with Gasteiger partial charge in [-0.3, -0.25) is 4.79 Å². The summed E-state index contributed by atoms with van der Waals surface area (Å²) in [6.45, 7) is 0. The monoisotopic (exact) mass is 200 g/mol. The number of nitrogens with zero attached hydrogens (tertiary/aromatic N) is 2. The molecular formula is C11H8N2O2. The second kappa shape index (κ2) is 4.32. The molecule has 2 aromatic rings. The lowest BCUT2D eigenvalue weighted by Crippen LogP contribution is -1.88. The SMILES string of the molecule is O=Cc1cccc(Oc2ccncn2)c1. The Kier molecular flexibility index (Phi) is 2.69. The molecule has 0 aliphatic heterocycles. The van der Waals surface area contributed by atoms with Crippen LogP contribution in [0.15, 0.2) is 42.9 Å². The summed E-state index contributed by atoms with van der Waals surface area (Å²) < 4.78 is 5.41. The molecule has 2 rings (SSSR count). The fourth-order valence-corrected chi connectivity index (χ4v) is 1.11. The van der Waals surface area contributed by atoms with Gasteiger partial charge in [-0.1, -0.05) is 12.1 Å². The second-order valence-corrected chi connectivity index (χ2v) is 2.84. The Balaban J connectivity index is 2.21. The van der Waals surface area contributed by atoms with Crippen molar-refractivity contribution in [3.8, 4) is 11.6 Å². The first kappa shape index (κ1) is 9.33. The van der Waals surface area contributed by atoms with E-state index in [9.17, 15) is 4.79 Å². The molecule has 0 amide bonds.